The highest BCUT2D eigenvalue weighted by Gasteiger charge is 2.36. The van der Waals surface area contributed by atoms with E-state index in [0.717, 1.165) is 22.9 Å². The minimum absolute atomic E-state index is 0.112. The Morgan fingerprint density at radius 2 is 1.51 bits per heavy atom. The first kappa shape index (κ1) is 25.4. The summed E-state index contributed by atoms with van der Waals surface area (Å²) in [5, 5.41) is 0. The van der Waals surface area contributed by atoms with Gasteiger partial charge >= 0.3 is 5.97 Å². The molecular weight excluding hydrogens is 524 g/mol. The van der Waals surface area contributed by atoms with Crippen molar-refractivity contribution in [2.24, 2.45) is 0 Å². The van der Waals surface area contributed by atoms with E-state index in [0.29, 0.717) is 0 Å². The van der Waals surface area contributed by atoms with Crippen molar-refractivity contribution >= 4 is 21.9 Å². The monoisotopic (exact) mass is 554 g/mol. The van der Waals surface area contributed by atoms with Crippen LogP contribution in [0.15, 0.2) is 114 Å². The smallest absolute Gasteiger partial charge is 0.302 e. The second-order valence-electron chi connectivity index (χ2n) is 9.60. The van der Waals surface area contributed by atoms with Crippen LogP contribution < -0.4 is 0 Å². The third-order valence-electron chi connectivity index (χ3n) is 7.13. The van der Waals surface area contributed by atoms with Crippen molar-refractivity contribution < 1.29 is 14.3 Å². The van der Waals surface area contributed by atoms with E-state index in [1.807, 2.05) is 6.07 Å². The summed E-state index contributed by atoms with van der Waals surface area (Å²) in [6.45, 7) is 1.73. The van der Waals surface area contributed by atoms with Gasteiger partial charge in [-0.2, -0.15) is 0 Å². The van der Waals surface area contributed by atoms with Crippen molar-refractivity contribution in [1.82, 2.24) is 0 Å². The first-order valence-electron chi connectivity index (χ1n) is 12.8. The van der Waals surface area contributed by atoms with Gasteiger partial charge < -0.3 is 9.47 Å². The molecule has 0 amide bonds. The van der Waals surface area contributed by atoms with Gasteiger partial charge in [-0.25, -0.2) is 0 Å². The molecule has 4 aromatic rings. The molecule has 0 aromatic heterocycles. The molecule has 188 valence electrons. The van der Waals surface area contributed by atoms with Crippen LogP contribution in [0.3, 0.4) is 0 Å². The molecule has 0 unspecified atom stereocenters. The molecular formula is C33H31BrO3. The van der Waals surface area contributed by atoms with Crippen molar-refractivity contribution in [3.05, 3.63) is 141 Å². The van der Waals surface area contributed by atoms with Crippen LogP contribution in [0.1, 0.15) is 65.5 Å². The summed E-state index contributed by atoms with van der Waals surface area (Å²) >= 11 is 3.64. The highest BCUT2D eigenvalue weighted by molar-refractivity contribution is 9.10. The standard InChI is InChI=1S/C33H31BrO3/c1-23(35)36-22-28-19-20-31(33(37-28)26-15-10-16-27(34)21-26)29-17-8-9-18-30(29)32(24-11-4-2-5-12-24)25-13-6-3-7-14-25/h2-18,21,28,31-33H,19-20,22H2,1H3/t28-,31+,33-/m1/s1. The van der Waals surface area contributed by atoms with Crippen LogP contribution in [0.25, 0.3) is 0 Å². The van der Waals surface area contributed by atoms with Gasteiger partial charge in [0.1, 0.15) is 6.61 Å². The number of benzene rings is 4. The third kappa shape index (κ3) is 6.03. The largest absolute Gasteiger partial charge is 0.463 e. The van der Waals surface area contributed by atoms with E-state index in [-0.39, 0.29) is 36.6 Å². The molecule has 1 aliphatic heterocycles. The van der Waals surface area contributed by atoms with Crippen molar-refractivity contribution in [3.63, 3.8) is 0 Å². The molecule has 0 N–H and O–H groups in total. The van der Waals surface area contributed by atoms with Gasteiger partial charge in [0, 0.05) is 23.2 Å². The fourth-order valence-corrected chi connectivity index (χ4v) is 5.90. The van der Waals surface area contributed by atoms with Gasteiger partial charge in [0.25, 0.3) is 0 Å². The lowest BCUT2D eigenvalue weighted by Crippen LogP contribution is -2.32. The Hall–Kier alpha value is -3.21. The first-order chi connectivity index (χ1) is 18.1. The maximum absolute atomic E-state index is 11.5. The molecule has 3 nitrogen and oxygen atoms in total. The fraction of sp³-hybridized carbons (Fsp3) is 0.242. The quantitative estimate of drug-likeness (QED) is 0.170. The Morgan fingerprint density at radius 1 is 0.865 bits per heavy atom. The summed E-state index contributed by atoms with van der Waals surface area (Å²) in [5.74, 6) is -0.00169. The number of halogens is 1. The Kier molecular flexibility index (Phi) is 8.18. The Balaban J connectivity index is 1.58. The second-order valence-corrected chi connectivity index (χ2v) is 10.5. The number of rotatable bonds is 7. The molecule has 5 rings (SSSR count). The van der Waals surface area contributed by atoms with Gasteiger partial charge in [0.05, 0.1) is 12.2 Å². The van der Waals surface area contributed by atoms with E-state index in [2.05, 4.69) is 119 Å². The molecule has 0 saturated carbocycles. The lowest BCUT2D eigenvalue weighted by atomic mass is 9.75. The van der Waals surface area contributed by atoms with Crippen molar-refractivity contribution in [1.29, 1.82) is 0 Å². The topological polar surface area (TPSA) is 35.5 Å². The van der Waals surface area contributed by atoms with Gasteiger partial charge in [0.15, 0.2) is 0 Å². The average Bonchev–Trinajstić information content (AvgIpc) is 2.93. The van der Waals surface area contributed by atoms with Crippen molar-refractivity contribution in [2.45, 2.75) is 43.8 Å². The molecule has 0 radical (unpaired) electrons. The molecule has 1 heterocycles. The number of carbonyl (C=O) groups is 1. The van der Waals surface area contributed by atoms with Gasteiger partial charge in [-0.1, -0.05) is 113 Å². The predicted octanol–water partition coefficient (Wildman–Crippen LogP) is 8.20. The Bertz CT molecular complexity index is 1280. The third-order valence-corrected chi connectivity index (χ3v) is 7.62. The highest BCUT2D eigenvalue weighted by atomic mass is 79.9. The molecule has 0 aliphatic carbocycles. The average molecular weight is 556 g/mol. The molecule has 1 fully saturated rings. The van der Waals surface area contributed by atoms with Gasteiger partial charge in [-0.05, 0) is 52.8 Å². The van der Waals surface area contributed by atoms with E-state index in [4.69, 9.17) is 9.47 Å². The van der Waals surface area contributed by atoms with E-state index in [1.54, 1.807) is 0 Å². The lowest BCUT2D eigenvalue weighted by molar-refractivity contribution is -0.151. The number of hydrogen-bond acceptors (Lipinski definition) is 3. The van der Waals surface area contributed by atoms with Crippen LogP contribution in [0, 0.1) is 0 Å². The molecule has 4 heteroatoms. The van der Waals surface area contributed by atoms with Crippen LogP contribution in [0.5, 0.6) is 0 Å². The number of hydrogen-bond donors (Lipinski definition) is 0. The van der Waals surface area contributed by atoms with Gasteiger partial charge in [0.2, 0.25) is 0 Å². The molecule has 0 spiro atoms. The van der Waals surface area contributed by atoms with Crippen molar-refractivity contribution in [3.8, 4) is 0 Å². The number of ether oxygens (including phenoxy) is 2. The molecule has 3 atom stereocenters. The molecule has 0 bridgehead atoms. The maximum atomic E-state index is 11.5. The molecule has 1 aliphatic rings. The fourth-order valence-electron chi connectivity index (χ4n) is 5.49. The van der Waals surface area contributed by atoms with Gasteiger partial charge in [-0.15, -0.1) is 0 Å². The predicted molar refractivity (Wildman–Crippen MR) is 151 cm³/mol. The van der Waals surface area contributed by atoms with E-state index < -0.39 is 0 Å². The van der Waals surface area contributed by atoms with Crippen LogP contribution in [0.4, 0.5) is 0 Å². The summed E-state index contributed by atoms with van der Waals surface area (Å²) in [6.07, 6.45) is 1.49. The minimum Gasteiger partial charge on any atom is -0.463 e. The zero-order chi connectivity index (χ0) is 25.6. The Labute approximate surface area is 227 Å². The summed E-state index contributed by atoms with van der Waals surface area (Å²) in [6, 6.07) is 38.6. The minimum atomic E-state index is -0.274. The van der Waals surface area contributed by atoms with Crippen LogP contribution >= 0.6 is 15.9 Å². The van der Waals surface area contributed by atoms with Crippen LogP contribution in [-0.2, 0) is 14.3 Å². The molecule has 1 saturated heterocycles. The summed E-state index contributed by atoms with van der Waals surface area (Å²) < 4.78 is 13.1. The molecule has 4 aromatic carbocycles. The van der Waals surface area contributed by atoms with E-state index in [1.165, 1.54) is 29.2 Å². The van der Waals surface area contributed by atoms with Crippen LogP contribution in [0.2, 0.25) is 0 Å². The van der Waals surface area contributed by atoms with E-state index in [9.17, 15) is 4.79 Å². The zero-order valence-corrected chi connectivity index (χ0v) is 22.5. The summed E-state index contributed by atoms with van der Waals surface area (Å²) in [4.78, 5) is 11.5. The van der Waals surface area contributed by atoms with Crippen molar-refractivity contribution in [2.75, 3.05) is 6.61 Å². The first-order valence-corrected chi connectivity index (χ1v) is 13.6. The second kappa shape index (κ2) is 11.9. The van der Waals surface area contributed by atoms with Crippen LogP contribution in [-0.4, -0.2) is 18.7 Å². The van der Waals surface area contributed by atoms with Gasteiger partial charge in [-0.3, -0.25) is 4.79 Å². The zero-order valence-electron chi connectivity index (χ0n) is 20.9. The normalized spacial score (nSPS) is 19.5. The maximum Gasteiger partial charge on any atom is 0.302 e. The highest BCUT2D eigenvalue weighted by Crippen LogP contribution is 2.47. The summed E-state index contributed by atoms with van der Waals surface area (Å²) in [5.41, 5.74) is 6.26. The number of carbonyl (C=O) groups excluding carboxylic acids is 1. The number of esters is 1. The lowest BCUT2D eigenvalue weighted by Gasteiger charge is -2.38. The van der Waals surface area contributed by atoms with E-state index >= 15 is 0 Å². The Morgan fingerprint density at radius 3 is 2.16 bits per heavy atom. The summed E-state index contributed by atoms with van der Waals surface area (Å²) in [7, 11) is 0. The SMILES string of the molecule is CC(=O)OC[C@H]1CC[C@@H](c2ccccc2C(c2ccccc2)c2ccccc2)[C@@H](c2cccc(Br)c2)O1. The molecule has 37 heavy (non-hydrogen) atoms.